The van der Waals surface area contributed by atoms with Crippen LogP contribution >= 0.6 is 33.9 Å². The average Bonchev–Trinajstić information content (AvgIpc) is 2.80. The molecule has 0 atom stereocenters. The first-order valence-electron chi connectivity index (χ1n) is 6.20. The van der Waals surface area contributed by atoms with Crippen molar-refractivity contribution in [1.82, 2.24) is 10.3 Å². The van der Waals surface area contributed by atoms with Crippen LogP contribution in [0, 0.1) is 16.3 Å². The molecule has 0 bridgehead atoms. The predicted molar refractivity (Wildman–Crippen MR) is 86.6 cm³/mol. The number of aryl methyl sites for hydroxylation is 2. The van der Waals surface area contributed by atoms with E-state index in [-0.39, 0.29) is 11.7 Å². The van der Waals surface area contributed by atoms with E-state index in [1.165, 1.54) is 18.2 Å². The number of rotatable bonds is 5. The summed E-state index contributed by atoms with van der Waals surface area (Å²) in [6, 6.07) is 4.17. The number of nitrogens with one attached hydrogen (secondary N) is 1. The summed E-state index contributed by atoms with van der Waals surface area (Å²) < 4.78 is 13.6. The number of aromatic nitrogens is 1. The van der Waals surface area contributed by atoms with Crippen molar-refractivity contribution in [3.63, 3.8) is 0 Å². The maximum Gasteiger partial charge on any atom is 0.252 e. The lowest BCUT2D eigenvalue weighted by Crippen LogP contribution is -2.25. The van der Waals surface area contributed by atoms with E-state index in [1.807, 2.05) is 34.9 Å². The van der Waals surface area contributed by atoms with Gasteiger partial charge in [0.25, 0.3) is 5.91 Å². The van der Waals surface area contributed by atoms with Crippen LogP contribution in [0.5, 0.6) is 0 Å². The van der Waals surface area contributed by atoms with Crippen molar-refractivity contribution >= 4 is 39.8 Å². The summed E-state index contributed by atoms with van der Waals surface area (Å²) in [7, 11) is 0. The molecule has 2 aromatic rings. The fourth-order valence-corrected chi connectivity index (χ4v) is 3.27. The largest absolute Gasteiger partial charge is 0.352 e. The van der Waals surface area contributed by atoms with Crippen LogP contribution in [-0.2, 0) is 6.42 Å². The number of hydrogen-bond donors (Lipinski definition) is 1. The van der Waals surface area contributed by atoms with Gasteiger partial charge in [-0.2, -0.15) is 0 Å². The van der Waals surface area contributed by atoms with Gasteiger partial charge in [-0.05, 0) is 54.1 Å². The second kappa shape index (κ2) is 7.12. The van der Waals surface area contributed by atoms with Crippen molar-refractivity contribution in [2.45, 2.75) is 19.8 Å². The fourth-order valence-electron chi connectivity index (χ4n) is 1.73. The van der Waals surface area contributed by atoms with E-state index in [9.17, 15) is 9.18 Å². The lowest BCUT2D eigenvalue weighted by Gasteiger charge is -2.06. The third-order valence-electron chi connectivity index (χ3n) is 2.70. The van der Waals surface area contributed by atoms with Gasteiger partial charge in [0.2, 0.25) is 0 Å². The van der Waals surface area contributed by atoms with Gasteiger partial charge < -0.3 is 5.32 Å². The molecular formula is C14H14FIN2OS. The second-order valence-electron chi connectivity index (χ2n) is 4.37. The van der Waals surface area contributed by atoms with Gasteiger partial charge in [0.1, 0.15) is 5.82 Å². The van der Waals surface area contributed by atoms with Crippen LogP contribution in [0.15, 0.2) is 23.6 Å². The Hall–Kier alpha value is -1.02. The van der Waals surface area contributed by atoms with Crippen LogP contribution in [0.4, 0.5) is 4.39 Å². The molecule has 0 fully saturated rings. The quantitative estimate of drug-likeness (QED) is 0.612. The molecule has 0 aliphatic heterocycles. The first-order valence-corrected chi connectivity index (χ1v) is 8.16. The van der Waals surface area contributed by atoms with Crippen LogP contribution < -0.4 is 5.32 Å². The Kier molecular flexibility index (Phi) is 5.47. The van der Waals surface area contributed by atoms with Gasteiger partial charge in [0.05, 0.1) is 10.6 Å². The summed E-state index contributed by atoms with van der Waals surface area (Å²) in [6.07, 6.45) is 1.70. The van der Waals surface area contributed by atoms with E-state index in [1.54, 1.807) is 11.3 Å². The van der Waals surface area contributed by atoms with Crippen molar-refractivity contribution in [2.24, 2.45) is 0 Å². The Morgan fingerprint density at radius 3 is 2.95 bits per heavy atom. The molecule has 0 saturated heterocycles. The number of hydrogen-bond acceptors (Lipinski definition) is 3. The average molecular weight is 404 g/mol. The van der Waals surface area contributed by atoms with E-state index >= 15 is 0 Å². The second-order valence-corrected chi connectivity index (χ2v) is 6.47. The summed E-state index contributed by atoms with van der Waals surface area (Å²) >= 11 is 3.61. The molecule has 1 amide bonds. The lowest BCUT2D eigenvalue weighted by atomic mass is 10.2. The van der Waals surface area contributed by atoms with E-state index in [4.69, 9.17) is 0 Å². The SMILES string of the molecule is Cc1csc(CCCNC(=O)c2ccc(F)cc2I)n1. The van der Waals surface area contributed by atoms with Gasteiger partial charge in [-0.25, -0.2) is 9.37 Å². The normalized spacial score (nSPS) is 10.6. The number of halogens is 2. The minimum absolute atomic E-state index is 0.162. The van der Waals surface area contributed by atoms with Gasteiger partial charge in [0.15, 0.2) is 0 Å². The smallest absolute Gasteiger partial charge is 0.252 e. The Morgan fingerprint density at radius 1 is 1.50 bits per heavy atom. The molecule has 1 heterocycles. The van der Waals surface area contributed by atoms with Crippen molar-refractivity contribution in [1.29, 1.82) is 0 Å². The molecule has 1 N–H and O–H groups in total. The summed E-state index contributed by atoms with van der Waals surface area (Å²) in [5, 5.41) is 5.96. The molecule has 2 rings (SSSR count). The third kappa shape index (κ3) is 4.24. The van der Waals surface area contributed by atoms with E-state index in [2.05, 4.69) is 10.3 Å². The molecule has 0 saturated carbocycles. The highest BCUT2D eigenvalue weighted by Gasteiger charge is 2.10. The minimum atomic E-state index is -0.329. The molecule has 1 aromatic heterocycles. The predicted octanol–water partition coefficient (Wildman–Crippen LogP) is 3.56. The molecule has 0 aliphatic carbocycles. The van der Waals surface area contributed by atoms with E-state index in [0.717, 1.165) is 23.5 Å². The van der Waals surface area contributed by atoms with E-state index in [0.29, 0.717) is 15.7 Å². The number of carbonyl (C=O) groups excluding carboxylic acids is 1. The topological polar surface area (TPSA) is 42.0 Å². The fraction of sp³-hybridized carbons (Fsp3) is 0.286. The molecule has 3 nitrogen and oxygen atoms in total. The van der Waals surface area contributed by atoms with Crippen molar-refractivity contribution in [2.75, 3.05) is 6.54 Å². The monoisotopic (exact) mass is 404 g/mol. The van der Waals surface area contributed by atoms with Gasteiger partial charge in [-0.15, -0.1) is 11.3 Å². The molecule has 0 spiro atoms. The Morgan fingerprint density at radius 2 is 2.30 bits per heavy atom. The highest BCUT2D eigenvalue weighted by Crippen LogP contribution is 2.14. The van der Waals surface area contributed by atoms with Gasteiger partial charge >= 0.3 is 0 Å². The maximum atomic E-state index is 13.0. The highest BCUT2D eigenvalue weighted by atomic mass is 127. The first-order chi connectivity index (χ1) is 9.56. The Bertz CT molecular complexity index is 615. The number of thiazole rings is 1. The molecule has 0 unspecified atom stereocenters. The Balaban J connectivity index is 1.80. The first kappa shape index (κ1) is 15.4. The molecule has 20 heavy (non-hydrogen) atoms. The van der Waals surface area contributed by atoms with Crippen molar-refractivity contribution < 1.29 is 9.18 Å². The number of amides is 1. The molecule has 0 radical (unpaired) electrons. The zero-order valence-corrected chi connectivity index (χ0v) is 13.9. The zero-order valence-electron chi connectivity index (χ0n) is 11.0. The van der Waals surface area contributed by atoms with E-state index < -0.39 is 0 Å². The molecule has 0 aliphatic rings. The molecular weight excluding hydrogens is 390 g/mol. The molecule has 6 heteroatoms. The zero-order chi connectivity index (χ0) is 14.5. The minimum Gasteiger partial charge on any atom is -0.352 e. The van der Waals surface area contributed by atoms with Crippen LogP contribution in [-0.4, -0.2) is 17.4 Å². The van der Waals surface area contributed by atoms with Gasteiger partial charge in [-0.3, -0.25) is 4.79 Å². The Labute approximate surface area is 134 Å². The summed E-state index contributed by atoms with van der Waals surface area (Å²) in [5.41, 5.74) is 1.55. The third-order valence-corrected chi connectivity index (χ3v) is 4.61. The lowest BCUT2D eigenvalue weighted by molar-refractivity contribution is 0.0952. The summed E-state index contributed by atoms with van der Waals surface area (Å²) in [4.78, 5) is 16.3. The number of carbonyl (C=O) groups is 1. The van der Waals surface area contributed by atoms with Crippen LogP contribution in [0.25, 0.3) is 0 Å². The highest BCUT2D eigenvalue weighted by molar-refractivity contribution is 14.1. The van der Waals surface area contributed by atoms with Crippen LogP contribution in [0.3, 0.4) is 0 Å². The van der Waals surface area contributed by atoms with Crippen LogP contribution in [0.2, 0.25) is 0 Å². The summed E-state index contributed by atoms with van der Waals surface area (Å²) in [6.45, 7) is 2.56. The van der Waals surface area contributed by atoms with Crippen molar-refractivity contribution in [3.05, 3.63) is 49.2 Å². The standard InChI is InChI=1S/C14H14FIN2OS/c1-9-8-20-13(18-9)3-2-6-17-14(19)11-5-4-10(15)7-12(11)16/h4-5,7-8H,2-3,6H2,1H3,(H,17,19). The van der Waals surface area contributed by atoms with Crippen molar-refractivity contribution in [3.8, 4) is 0 Å². The molecule has 106 valence electrons. The van der Waals surface area contributed by atoms with Crippen LogP contribution in [0.1, 0.15) is 27.5 Å². The molecule has 1 aromatic carbocycles. The summed E-state index contributed by atoms with van der Waals surface area (Å²) in [5.74, 6) is -0.491. The number of benzene rings is 1. The maximum absolute atomic E-state index is 13.0. The van der Waals surface area contributed by atoms with Gasteiger partial charge in [0, 0.05) is 27.6 Å². The number of nitrogens with zero attached hydrogens (tertiary/aromatic N) is 1. The van der Waals surface area contributed by atoms with Gasteiger partial charge in [-0.1, -0.05) is 0 Å².